The number of halogens is 1. The van der Waals surface area contributed by atoms with Gasteiger partial charge in [0.05, 0.1) is 0 Å². The second kappa shape index (κ2) is 3.91. The smallest absolute Gasteiger partial charge is 0.227 e. The van der Waals surface area contributed by atoms with Crippen molar-refractivity contribution < 1.29 is 8.90 Å². The van der Waals surface area contributed by atoms with E-state index >= 15 is 0 Å². The minimum atomic E-state index is -0.964. The first kappa shape index (κ1) is 12.7. The lowest BCUT2D eigenvalue weighted by Gasteiger charge is -2.48. The van der Waals surface area contributed by atoms with Crippen LogP contribution >= 0.6 is 11.8 Å². The second-order valence-electron chi connectivity index (χ2n) is 4.57. The van der Waals surface area contributed by atoms with E-state index in [1.54, 1.807) is 26.0 Å². The largest absolute Gasteiger partial charge is 0.611 e. The maximum Gasteiger partial charge on any atom is 0.227 e. The third kappa shape index (κ3) is 1.74. The Hall–Kier alpha value is -0.350. The van der Waals surface area contributed by atoms with Gasteiger partial charge in [-0.2, -0.15) is 0 Å². The SMILES string of the molecule is C=CCC1(CC=C)OCC(C)(C)[N+]1([O-])Cl. The molecule has 86 valence electrons. The van der Waals surface area contributed by atoms with Crippen molar-refractivity contribution in [3.63, 3.8) is 0 Å². The Morgan fingerprint density at radius 3 is 2.13 bits per heavy atom. The Balaban J connectivity index is 3.09. The van der Waals surface area contributed by atoms with Gasteiger partial charge < -0.3 is 9.94 Å². The van der Waals surface area contributed by atoms with Crippen molar-refractivity contribution in [2.45, 2.75) is 38.0 Å². The van der Waals surface area contributed by atoms with Crippen LogP contribution in [0.3, 0.4) is 0 Å². The molecule has 0 aliphatic carbocycles. The molecule has 1 aliphatic rings. The summed E-state index contributed by atoms with van der Waals surface area (Å²) in [5.74, 6) is 0. The molecule has 1 unspecified atom stereocenters. The molecule has 0 aromatic heterocycles. The number of hydroxylamine groups is 2. The van der Waals surface area contributed by atoms with Crippen molar-refractivity contribution in [2.24, 2.45) is 0 Å². The lowest BCUT2D eigenvalue weighted by Crippen LogP contribution is -2.58. The first-order chi connectivity index (χ1) is 6.83. The van der Waals surface area contributed by atoms with Gasteiger partial charge in [-0.25, -0.2) is 4.17 Å². The second-order valence-corrected chi connectivity index (χ2v) is 5.04. The standard InChI is InChI=1S/C11H18ClNO2/c1-5-7-11(8-6-2)13(12,14)10(3,4)9-15-11/h5-6H,1-2,7-9H2,3-4H3. The minimum Gasteiger partial charge on any atom is -0.611 e. The highest BCUT2D eigenvalue weighted by molar-refractivity contribution is 6.07. The number of quaternary nitrogens is 1. The van der Waals surface area contributed by atoms with E-state index in [1.165, 1.54) is 0 Å². The molecule has 1 fully saturated rings. The van der Waals surface area contributed by atoms with Crippen molar-refractivity contribution >= 4 is 11.8 Å². The van der Waals surface area contributed by atoms with Gasteiger partial charge in [-0.3, -0.25) is 0 Å². The molecule has 4 heteroatoms. The van der Waals surface area contributed by atoms with Crippen LogP contribution in [0.1, 0.15) is 26.7 Å². The van der Waals surface area contributed by atoms with E-state index in [0.717, 1.165) is 0 Å². The van der Waals surface area contributed by atoms with Gasteiger partial charge in [-0.05, 0) is 13.8 Å². The van der Waals surface area contributed by atoms with Crippen LogP contribution < -0.4 is 0 Å². The summed E-state index contributed by atoms with van der Waals surface area (Å²) in [4.78, 5) is 0. The van der Waals surface area contributed by atoms with Crippen molar-refractivity contribution in [3.05, 3.63) is 30.5 Å². The number of nitrogens with zero attached hydrogens (tertiary/aromatic N) is 1. The summed E-state index contributed by atoms with van der Waals surface area (Å²) >= 11 is 6.10. The molecule has 0 bridgehead atoms. The summed E-state index contributed by atoms with van der Waals surface area (Å²) in [5.41, 5.74) is -1.61. The molecule has 1 aliphatic heterocycles. The summed E-state index contributed by atoms with van der Waals surface area (Å²) in [5, 5.41) is 12.5. The first-order valence-electron chi connectivity index (χ1n) is 4.99. The molecule has 0 radical (unpaired) electrons. The van der Waals surface area contributed by atoms with Gasteiger partial charge in [0.2, 0.25) is 5.72 Å². The molecule has 1 heterocycles. The van der Waals surface area contributed by atoms with Crippen LogP contribution in [-0.2, 0) is 4.74 Å². The molecule has 1 atom stereocenters. The zero-order chi connectivity index (χ0) is 11.7. The van der Waals surface area contributed by atoms with Gasteiger partial charge in [0.25, 0.3) is 0 Å². The first-order valence-corrected chi connectivity index (χ1v) is 5.32. The highest BCUT2D eigenvalue weighted by Gasteiger charge is 2.60. The van der Waals surface area contributed by atoms with Crippen LogP contribution in [0.5, 0.6) is 0 Å². The molecule has 0 amide bonds. The number of hydrogen-bond donors (Lipinski definition) is 0. The van der Waals surface area contributed by atoms with Crippen LogP contribution in [0.4, 0.5) is 0 Å². The zero-order valence-electron chi connectivity index (χ0n) is 9.33. The fourth-order valence-electron chi connectivity index (χ4n) is 1.92. The lowest BCUT2D eigenvalue weighted by atomic mass is 10.0. The molecular formula is C11H18ClNO2. The molecule has 1 saturated heterocycles. The van der Waals surface area contributed by atoms with Crippen LogP contribution in [-0.4, -0.2) is 22.0 Å². The highest BCUT2D eigenvalue weighted by atomic mass is 35.5. The molecule has 0 N–H and O–H groups in total. The molecule has 1 rings (SSSR count). The van der Waals surface area contributed by atoms with Crippen LogP contribution in [0, 0.1) is 5.21 Å². The predicted molar refractivity (Wildman–Crippen MR) is 61.9 cm³/mol. The Morgan fingerprint density at radius 2 is 1.87 bits per heavy atom. The number of hydrogen-bond acceptors (Lipinski definition) is 2. The Bertz CT molecular complexity index is 264. The van der Waals surface area contributed by atoms with Gasteiger partial charge in [0, 0.05) is 12.8 Å². The van der Waals surface area contributed by atoms with Crippen molar-refractivity contribution in [1.29, 1.82) is 0 Å². The molecule has 0 aromatic rings. The quantitative estimate of drug-likeness (QED) is 0.423. The summed E-state index contributed by atoms with van der Waals surface area (Å²) in [7, 11) is 0. The highest BCUT2D eigenvalue weighted by Crippen LogP contribution is 2.48. The molecule has 3 nitrogen and oxygen atoms in total. The van der Waals surface area contributed by atoms with Crippen molar-refractivity contribution in [2.75, 3.05) is 6.61 Å². The fourth-order valence-corrected chi connectivity index (χ4v) is 2.15. The van der Waals surface area contributed by atoms with Crippen LogP contribution in [0.25, 0.3) is 0 Å². The topological polar surface area (TPSA) is 32.3 Å². The Labute approximate surface area is 96.3 Å². The van der Waals surface area contributed by atoms with Crippen molar-refractivity contribution in [3.8, 4) is 0 Å². The number of rotatable bonds is 4. The lowest BCUT2D eigenvalue weighted by molar-refractivity contribution is -0.869. The van der Waals surface area contributed by atoms with E-state index in [9.17, 15) is 5.21 Å². The molecule has 0 aromatic carbocycles. The summed E-state index contributed by atoms with van der Waals surface area (Å²) in [6.07, 6.45) is 4.18. The molecule has 0 spiro atoms. The van der Waals surface area contributed by atoms with Crippen LogP contribution in [0.2, 0.25) is 0 Å². The predicted octanol–water partition coefficient (Wildman–Crippen LogP) is 3.11. The van der Waals surface area contributed by atoms with E-state index < -0.39 is 15.4 Å². The zero-order valence-corrected chi connectivity index (χ0v) is 10.1. The van der Waals surface area contributed by atoms with E-state index in [0.29, 0.717) is 19.4 Å². The van der Waals surface area contributed by atoms with E-state index in [2.05, 4.69) is 13.2 Å². The van der Waals surface area contributed by atoms with Crippen molar-refractivity contribution in [1.82, 2.24) is 0 Å². The fraction of sp³-hybridized carbons (Fsp3) is 0.636. The monoisotopic (exact) mass is 231 g/mol. The normalized spacial score (nSPS) is 32.5. The van der Waals surface area contributed by atoms with E-state index in [1.807, 2.05) is 0 Å². The average Bonchev–Trinajstić information content (AvgIpc) is 2.29. The summed E-state index contributed by atoms with van der Waals surface area (Å²) in [6, 6.07) is 0. The molecule has 15 heavy (non-hydrogen) atoms. The third-order valence-electron chi connectivity index (χ3n) is 2.92. The maximum atomic E-state index is 12.5. The maximum absolute atomic E-state index is 12.5. The minimum absolute atomic E-state index is 0.349. The van der Waals surface area contributed by atoms with E-state index in [-0.39, 0.29) is 0 Å². The Kier molecular flexibility index (Phi) is 3.31. The van der Waals surface area contributed by atoms with Crippen LogP contribution in [0.15, 0.2) is 25.3 Å². The van der Waals surface area contributed by atoms with Gasteiger partial charge in [-0.1, -0.05) is 12.2 Å². The molecular weight excluding hydrogens is 214 g/mol. The van der Waals surface area contributed by atoms with Gasteiger partial charge >= 0.3 is 0 Å². The van der Waals surface area contributed by atoms with E-state index in [4.69, 9.17) is 16.5 Å². The summed E-state index contributed by atoms with van der Waals surface area (Å²) in [6.45, 7) is 11.2. The van der Waals surface area contributed by atoms with Gasteiger partial charge in [0.15, 0.2) is 11.8 Å². The summed E-state index contributed by atoms with van der Waals surface area (Å²) < 4.78 is 4.72. The third-order valence-corrected chi connectivity index (χ3v) is 3.69. The van der Waals surface area contributed by atoms with Gasteiger partial charge in [0.1, 0.15) is 12.1 Å². The average molecular weight is 232 g/mol. The molecule has 0 saturated carbocycles. The number of ether oxygens (including phenoxy) is 1. The Morgan fingerprint density at radius 1 is 1.40 bits per heavy atom. The van der Waals surface area contributed by atoms with Gasteiger partial charge in [-0.15, -0.1) is 13.2 Å².